The summed E-state index contributed by atoms with van der Waals surface area (Å²) in [4.78, 5) is 11.2. The van der Waals surface area contributed by atoms with Crippen LogP contribution in [0.25, 0.3) is 10.1 Å². The fourth-order valence-corrected chi connectivity index (χ4v) is 2.72. The van der Waals surface area contributed by atoms with Gasteiger partial charge in [-0.1, -0.05) is 15.9 Å². The standard InChI is InChI=1S/C11H9BrO2S/c1-14-11(13)4-7-6-15-10-3-2-8(12)5-9(7)10/h2-3,5-6H,4H2,1H3. The van der Waals surface area contributed by atoms with Gasteiger partial charge in [-0.15, -0.1) is 11.3 Å². The molecule has 0 saturated heterocycles. The molecule has 0 aliphatic rings. The van der Waals surface area contributed by atoms with E-state index in [2.05, 4.69) is 20.7 Å². The van der Waals surface area contributed by atoms with Crippen LogP contribution in [0.1, 0.15) is 5.56 Å². The van der Waals surface area contributed by atoms with Crippen molar-refractivity contribution in [1.29, 1.82) is 0 Å². The smallest absolute Gasteiger partial charge is 0.310 e. The van der Waals surface area contributed by atoms with Crippen LogP contribution in [-0.4, -0.2) is 13.1 Å². The van der Waals surface area contributed by atoms with Crippen molar-refractivity contribution in [2.24, 2.45) is 0 Å². The number of benzene rings is 1. The average molecular weight is 285 g/mol. The van der Waals surface area contributed by atoms with E-state index in [1.165, 1.54) is 11.8 Å². The number of hydrogen-bond acceptors (Lipinski definition) is 3. The van der Waals surface area contributed by atoms with E-state index < -0.39 is 0 Å². The van der Waals surface area contributed by atoms with Gasteiger partial charge >= 0.3 is 5.97 Å². The molecule has 0 bridgehead atoms. The van der Waals surface area contributed by atoms with Gasteiger partial charge in [-0.25, -0.2) is 0 Å². The topological polar surface area (TPSA) is 26.3 Å². The lowest BCUT2D eigenvalue weighted by molar-refractivity contribution is -0.139. The Bertz CT molecular complexity index is 504. The highest BCUT2D eigenvalue weighted by atomic mass is 79.9. The predicted molar refractivity (Wildman–Crippen MR) is 65.2 cm³/mol. The predicted octanol–water partition coefficient (Wildman–Crippen LogP) is 3.38. The van der Waals surface area contributed by atoms with Crippen LogP contribution >= 0.6 is 27.3 Å². The Labute approximate surface area is 100.0 Å². The highest BCUT2D eigenvalue weighted by Crippen LogP contribution is 2.29. The van der Waals surface area contributed by atoms with Crippen molar-refractivity contribution in [2.45, 2.75) is 6.42 Å². The summed E-state index contributed by atoms with van der Waals surface area (Å²) >= 11 is 5.07. The van der Waals surface area contributed by atoms with Crippen molar-refractivity contribution >= 4 is 43.3 Å². The third-order valence-electron chi connectivity index (χ3n) is 2.18. The second-order valence-electron chi connectivity index (χ2n) is 3.15. The summed E-state index contributed by atoms with van der Waals surface area (Å²) < 4.78 is 6.88. The lowest BCUT2D eigenvalue weighted by Gasteiger charge is -1.98. The van der Waals surface area contributed by atoms with Gasteiger partial charge in [0.15, 0.2) is 0 Å². The molecular formula is C11H9BrO2S. The van der Waals surface area contributed by atoms with Gasteiger partial charge in [0, 0.05) is 9.17 Å². The number of methoxy groups -OCH3 is 1. The zero-order valence-corrected chi connectivity index (χ0v) is 10.5. The molecule has 0 unspecified atom stereocenters. The third kappa shape index (κ3) is 2.21. The minimum Gasteiger partial charge on any atom is -0.469 e. The van der Waals surface area contributed by atoms with Crippen molar-refractivity contribution < 1.29 is 9.53 Å². The largest absolute Gasteiger partial charge is 0.469 e. The molecule has 1 aromatic carbocycles. The number of ether oxygens (including phenoxy) is 1. The van der Waals surface area contributed by atoms with E-state index in [4.69, 9.17) is 0 Å². The SMILES string of the molecule is COC(=O)Cc1csc2ccc(Br)cc12. The number of fused-ring (bicyclic) bond motifs is 1. The van der Waals surface area contributed by atoms with Gasteiger partial charge in [-0.05, 0) is 34.5 Å². The zero-order chi connectivity index (χ0) is 10.8. The first kappa shape index (κ1) is 10.6. The molecule has 1 heterocycles. The van der Waals surface area contributed by atoms with Gasteiger partial charge < -0.3 is 4.74 Å². The van der Waals surface area contributed by atoms with Crippen molar-refractivity contribution in [2.75, 3.05) is 7.11 Å². The fraction of sp³-hybridized carbons (Fsp3) is 0.182. The minimum atomic E-state index is -0.199. The molecule has 0 atom stereocenters. The minimum absolute atomic E-state index is 0.199. The number of hydrogen-bond donors (Lipinski definition) is 0. The lowest BCUT2D eigenvalue weighted by Crippen LogP contribution is -2.03. The summed E-state index contributed by atoms with van der Waals surface area (Å²) in [5, 5.41) is 3.13. The number of rotatable bonds is 2. The first-order valence-corrected chi connectivity index (χ1v) is 6.10. The maximum Gasteiger partial charge on any atom is 0.310 e. The van der Waals surface area contributed by atoms with E-state index >= 15 is 0 Å². The van der Waals surface area contributed by atoms with Gasteiger partial charge in [-0.2, -0.15) is 0 Å². The maximum absolute atomic E-state index is 11.2. The highest BCUT2D eigenvalue weighted by Gasteiger charge is 2.09. The quantitative estimate of drug-likeness (QED) is 0.791. The molecule has 0 aliphatic carbocycles. The monoisotopic (exact) mass is 284 g/mol. The summed E-state index contributed by atoms with van der Waals surface area (Å²) in [5.41, 5.74) is 1.03. The van der Waals surface area contributed by atoms with Crippen LogP contribution in [0.15, 0.2) is 28.1 Å². The number of carbonyl (C=O) groups excluding carboxylic acids is 1. The highest BCUT2D eigenvalue weighted by molar-refractivity contribution is 9.10. The Morgan fingerprint density at radius 3 is 3.07 bits per heavy atom. The van der Waals surface area contributed by atoms with E-state index in [0.717, 1.165) is 15.4 Å². The first-order chi connectivity index (χ1) is 7.20. The zero-order valence-electron chi connectivity index (χ0n) is 8.12. The molecule has 78 valence electrons. The second kappa shape index (κ2) is 4.33. The molecular weight excluding hydrogens is 276 g/mol. The van der Waals surface area contributed by atoms with E-state index in [-0.39, 0.29) is 5.97 Å². The summed E-state index contributed by atoms with van der Waals surface area (Å²) in [5.74, 6) is -0.199. The third-order valence-corrected chi connectivity index (χ3v) is 3.68. The molecule has 0 N–H and O–H groups in total. The molecule has 0 spiro atoms. The summed E-state index contributed by atoms with van der Waals surface area (Å²) in [6.45, 7) is 0. The molecule has 2 aromatic rings. The average Bonchev–Trinajstić information content (AvgIpc) is 2.61. The molecule has 2 rings (SSSR count). The van der Waals surface area contributed by atoms with Crippen LogP contribution in [0.2, 0.25) is 0 Å². The number of esters is 1. The van der Waals surface area contributed by atoms with E-state index in [9.17, 15) is 4.79 Å². The number of carbonyl (C=O) groups is 1. The van der Waals surface area contributed by atoms with Crippen LogP contribution in [0.4, 0.5) is 0 Å². The molecule has 0 radical (unpaired) electrons. The molecule has 1 aromatic heterocycles. The Balaban J connectivity index is 2.43. The molecule has 15 heavy (non-hydrogen) atoms. The van der Waals surface area contributed by atoms with Crippen LogP contribution in [0.5, 0.6) is 0 Å². The van der Waals surface area contributed by atoms with E-state index in [1.807, 2.05) is 23.6 Å². The van der Waals surface area contributed by atoms with Gasteiger partial charge in [0.25, 0.3) is 0 Å². The van der Waals surface area contributed by atoms with Gasteiger partial charge in [0.2, 0.25) is 0 Å². The molecule has 0 fully saturated rings. The lowest BCUT2D eigenvalue weighted by atomic mass is 10.1. The molecule has 2 nitrogen and oxygen atoms in total. The van der Waals surface area contributed by atoms with Gasteiger partial charge in [0.05, 0.1) is 13.5 Å². The van der Waals surface area contributed by atoms with Crippen LogP contribution in [-0.2, 0) is 16.0 Å². The normalized spacial score (nSPS) is 10.5. The van der Waals surface area contributed by atoms with Crippen LogP contribution in [0.3, 0.4) is 0 Å². The van der Waals surface area contributed by atoms with Crippen molar-refractivity contribution in [1.82, 2.24) is 0 Å². The van der Waals surface area contributed by atoms with E-state index in [0.29, 0.717) is 6.42 Å². The van der Waals surface area contributed by atoms with Crippen molar-refractivity contribution in [3.63, 3.8) is 0 Å². The summed E-state index contributed by atoms with van der Waals surface area (Å²) in [6.07, 6.45) is 0.340. The second-order valence-corrected chi connectivity index (χ2v) is 4.98. The fourth-order valence-electron chi connectivity index (χ4n) is 1.42. The Morgan fingerprint density at radius 2 is 2.33 bits per heavy atom. The number of halogens is 1. The van der Waals surface area contributed by atoms with Gasteiger partial charge in [-0.3, -0.25) is 4.79 Å². The van der Waals surface area contributed by atoms with Crippen LogP contribution < -0.4 is 0 Å². The summed E-state index contributed by atoms with van der Waals surface area (Å²) in [6, 6.07) is 6.08. The van der Waals surface area contributed by atoms with E-state index in [1.54, 1.807) is 11.3 Å². The van der Waals surface area contributed by atoms with Crippen molar-refractivity contribution in [3.8, 4) is 0 Å². The first-order valence-electron chi connectivity index (χ1n) is 4.43. The van der Waals surface area contributed by atoms with Crippen LogP contribution in [0, 0.1) is 0 Å². The Kier molecular flexibility index (Phi) is 3.07. The van der Waals surface area contributed by atoms with Gasteiger partial charge in [0.1, 0.15) is 0 Å². The molecule has 4 heteroatoms. The maximum atomic E-state index is 11.2. The Morgan fingerprint density at radius 1 is 1.53 bits per heavy atom. The summed E-state index contributed by atoms with van der Waals surface area (Å²) in [7, 11) is 1.41. The Hall–Kier alpha value is -0.870. The van der Waals surface area contributed by atoms with Crippen molar-refractivity contribution in [3.05, 3.63) is 33.6 Å². The number of thiophene rings is 1. The molecule has 0 amide bonds. The molecule has 0 saturated carbocycles. The molecule has 0 aliphatic heterocycles.